The third-order valence-corrected chi connectivity index (χ3v) is 5.04. The second-order valence-electron chi connectivity index (χ2n) is 5.12. The van der Waals surface area contributed by atoms with Gasteiger partial charge in [0.2, 0.25) is 0 Å². The average molecular weight is 394 g/mol. The molecule has 128 valence electrons. The van der Waals surface area contributed by atoms with E-state index >= 15 is 0 Å². The summed E-state index contributed by atoms with van der Waals surface area (Å²) in [6.07, 6.45) is 1.76. The first-order chi connectivity index (χ1) is 12.0. The molecule has 25 heavy (non-hydrogen) atoms. The van der Waals surface area contributed by atoms with E-state index in [-0.39, 0.29) is 10.9 Å². The Labute approximate surface area is 159 Å². The van der Waals surface area contributed by atoms with Gasteiger partial charge in [0.25, 0.3) is 5.91 Å². The van der Waals surface area contributed by atoms with Crippen LogP contribution in [0.2, 0.25) is 5.02 Å². The summed E-state index contributed by atoms with van der Waals surface area (Å²) in [7, 11) is 0. The average Bonchev–Trinajstić information content (AvgIpc) is 2.86. The molecule has 0 N–H and O–H groups in total. The molecule has 2 aromatic rings. The molecule has 1 aliphatic heterocycles. The van der Waals surface area contributed by atoms with Gasteiger partial charge >= 0.3 is 0 Å². The number of benzene rings is 2. The van der Waals surface area contributed by atoms with Gasteiger partial charge in [0.15, 0.2) is 4.32 Å². The molecule has 1 amide bonds. The Morgan fingerprint density at radius 3 is 2.64 bits per heavy atom. The number of thiocarbonyl (C=S) groups is 1. The van der Waals surface area contributed by atoms with Crippen molar-refractivity contribution < 1.29 is 13.9 Å². The van der Waals surface area contributed by atoms with Crippen LogP contribution in [0.15, 0.2) is 47.4 Å². The second-order valence-corrected chi connectivity index (χ2v) is 7.20. The van der Waals surface area contributed by atoms with Crippen molar-refractivity contribution in [3.8, 4) is 5.75 Å². The molecular formula is C18H13ClFNO2S2. The third kappa shape index (κ3) is 3.86. The fourth-order valence-electron chi connectivity index (χ4n) is 2.29. The van der Waals surface area contributed by atoms with Crippen LogP contribution in [0, 0.1) is 5.82 Å². The van der Waals surface area contributed by atoms with E-state index in [0.29, 0.717) is 21.5 Å². The van der Waals surface area contributed by atoms with Crippen molar-refractivity contribution in [3.63, 3.8) is 0 Å². The van der Waals surface area contributed by atoms with Crippen LogP contribution in [0.5, 0.6) is 5.75 Å². The number of carbonyl (C=O) groups is 1. The zero-order chi connectivity index (χ0) is 18.0. The van der Waals surface area contributed by atoms with E-state index in [1.165, 1.54) is 34.9 Å². The number of hydrogen-bond donors (Lipinski definition) is 0. The molecule has 0 atom stereocenters. The van der Waals surface area contributed by atoms with Crippen LogP contribution in [0.1, 0.15) is 12.5 Å². The molecule has 0 radical (unpaired) electrons. The Bertz CT molecular complexity index is 868. The fraction of sp³-hybridized carbons (Fsp3) is 0.111. The SMILES string of the molecule is CCOc1ccc(C=C2SC(=S)N(c3ccc(F)c(Cl)c3)C2=O)cc1. The Balaban J connectivity index is 1.86. The molecule has 2 aromatic carbocycles. The first-order valence-electron chi connectivity index (χ1n) is 7.45. The Hall–Kier alpha value is -1.89. The van der Waals surface area contributed by atoms with Crippen LogP contribution in [0.4, 0.5) is 10.1 Å². The maximum absolute atomic E-state index is 13.3. The molecule has 0 saturated carbocycles. The molecule has 1 aliphatic rings. The standard InChI is InChI=1S/C18H13ClFNO2S2/c1-2-23-13-6-3-11(4-7-13)9-16-17(22)21(18(24)25-16)12-5-8-15(20)14(19)10-12/h3-10H,2H2,1H3. The van der Waals surface area contributed by atoms with Crippen molar-refractivity contribution in [2.45, 2.75) is 6.92 Å². The molecule has 7 heteroatoms. The highest BCUT2D eigenvalue weighted by atomic mass is 35.5. The summed E-state index contributed by atoms with van der Waals surface area (Å²) in [5, 5.41) is -0.0537. The van der Waals surface area contributed by atoms with Crippen molar-refractivity contribution >= 4 is 57.6 Å². The van der Waals surface area contributed by atoms with Crippen molar-refractivity contribution in [2.24, 2.45) is 0 Å². The van der Waals surface area contributed by atoms with Gasteiger partial charge in [-0.25, -0.2) is 4.39 Å². The van der Waals surface area contributed by atoms with E-state index in [9.17, 15) is 9.18 Å². The minimum Gasteiger partial charge on any atom is -0.494 e. The van der Waals surface area contributed by atoms with Gasteiger partial charge in [-0.2, -0.15) is 0 Å². The number of amides is 1. The van der Waals surface area contributed by atoms with Gasteiger partial charge in [-0.1, -0.05) is 47.7 Å². The predicted molar refractivity (Wildman–Crippen MR) is 105 cm³/mol. The first kappa shape index (κ1) is 17.9. The summed E-state index contributed by atoms with van der Waals surface area (Å²) < 4.78 is 19.1. The molecule has 1 fully saturated rings. The number of carbonyl (C=O) groups excluding carboxylic acids is 1. The molecule has 1 heterocycles. The molecule has 3 nitrogen and oxygen atoms in total. The largest absolute Gasteiger partial charge is 0.494 e. The Kier molecular flexibility index (Phi) is 5.42. The number of thioether (sulfide) groups is 1. The zero-order valence-electron chi connectivity index (χ0n) is 13.2. The number of anilines is 1. The van der Waals surface area contributed by atoms with Gasteiger partial charge in [0.05, 0.1) is 22.2 Å². The molecule has 3 rings (SSSR count). The third-order valence-electron chi connectivity index (χ3n) is 3.44. The summed E-state index contributed by atoms with van der Waals surface area (Å²) >= 11 is 12.3. The first-order valence-corrected chi connectivity index (χ1v) is 9.05. The number of halogens is 2. The summed E-state index contributed by atoms with van der Waals surface area (Å²) in [5.41, 5.74) is 1.31. The Morgan fingerprint density at radius 1 is 1.28 bits per heavy atom. The highest BCUT2D eigenvalue weighted by molar-refractivity contribution is 8.27. The molecule has 0 aromatic heterocycles. The maximum Gasteiger partial charge on any atom is 0.270 e. The molecule has 0 aliphatic carbocycles. The van der Waals surface area contributed by atoms with Crippen LogP contribution >= 0.6 is 35.6 Å². The van der Waals surface area contributed by atoms with Crippen molar-refractivity contribution in [3.05, 3.63) is 63.8 Å². The zero-order valence-corrected chi connectivity index (χ0v) is 15.6. The lowest BCUT2D eigenvalue weighted by Gasteiger charge is -2.14. The van der Waals surface area contributed by atoms with Crippen LogP contribution < -0.4 is 9.64 Å². The molecule has 0 bridgehead atoms. The van der Waals surface area contributed by atoms with E-state index in [0.717, 1.165) is 11.3 Å². The second kappa shape index (κ2) is 7.56. The summed E-state index contributed by atoms with van der Waals surface area (Å²) in [6.45, 7) is 2.51. The molecular weight excluding hydrogens is 381 g/mol. The van der Waals surface area contributed by atoms with E-state index in [1.807, 2.05) is 31.2 Å². The van der Waals surface area contributed by atoms with Crippen molar-refractivity contribution in [1.29, 1.82) is 0 Å². The van der Waals surface area contributed by atoms with Crippen LogP contribution in [0.3, 0.4) is 0 Å². The van der Waals surface area contributed by atoms with Gasteiger partial charge in [-0.05, 0) is 48.9 Å². The number of nitrogens with zero attached hydrogens (tertiary/aromatic N) is 1. The number of hydrogen-bond acceptors (Lipinski definition) is 4. The van der Waals surface area contributed by atoms with Crippen LogP contribution in [-0.4, -0.2) is 16.8 Å². The predicted octanol–water partition coefficient (Wildman–Crippen LogP) is 5.28. The lowest BCUT2D eigenvalue weighted by atomic mass is 10.2. The molecule has 0 unspecified atom stereocenters. The smallest absolute Gasteiger partial charge is 0.270 e. The Morgan fingerprint density at radius 2 is 2.00 bits per heavy atom. The number of rotatable bonds is 4. The lowest BCUT2D eigenvalue weighted by molar-refractivity contribution is -0.113. The quantitative estimate of drug-likeness (QED) is 0.522. The minimum atomic E-state index is -0.541. The summed E-state index contributed by atoms with van der Waals surface area (Å²) in [5.74, 6) is -0.0273. The molecule has 1 saturated heterocycles. The topological polar surface area (TPSA) is 29.5 Å². The highest BCUT2D eigenvalue weighted by Gasteiger charge is 2.33. The van der Waals surface area contributed by atoms with Crippen molar-refractivity contribution in [1.82, 2.24) is 0 Å². The van der Waals surface area contributed by atoms with Gasteiger partial charge in [0.1, 0.15) is 11.6 Å². The number of ether oxygens (including phenoxy) is 1. The van der Waals surface area contributed by atoms with E-state index < -0.39 is 5.82 Å². The minimum absolute atomic E-state index is 0.0537. The highest BCUT2D eigenvalue weighted by Crippen LogP contribution is 2.37. The van der Waals surface area contributed by atoms with Gasteiger partial charge in [0, 0.05) is 0 Å². The van der Waals surface area contributed by atoms with Gasteiger partial charge < -0.3 is 4.74 Å². The summed E-state index contributed by atoms with van der Waals surface area (Å²) in [6, 6.07) is 11.5. The van der Waals surface area contributed by atoms with Crippen molar-refractivity contribution in [2.75, 3.05) is 11.5 Å². The van der Waals surface area contributed by atoms with Crippen LogP contribution in [-0.2, 0) is 4.79 Å². The molecule has 0 spiro atoms. The summed E-state index contributed by atoms with van der Waals surface area (Å²) in [4.78, 5) is 14.5. The normalized spacial score (nSPS) is 16.0. The van der Waals surface area contributed by atoms with Gasteiger partial charge in [-0.15, -0.1) is 0 Å². The fourth-order valence-corrected chi connectivity index (χ4v) is 3.77. The maximum atomic E-state index is 13.3. The lowest BCUT2D eigenvalue weighted by Crippen LogP contribution is -2.27. The van der Waals surface area contributed by atoms with E-state index in [1.54, 1.807) is 6.08 Å². The van der Waals surface area contributed by atoms with Crippen LogP contribution in [0.25, 0.3) is 6.08 Å². The van der Waals surface area contributed by atoms with Gasteiger partial charge in [-0.3, -0.25) is 9.69 Å². The van der Waals surface area contributed by atoms with E-state index in [4.69, 9.17) is 28.6 Å². The monoisotopic (exact) mass is 393 g/mol. The van der Waals surface area contributed by atoms with E-state index in [2.05, 4.69) is 0 Å².